The Bertz CT molecular complexity index is 3230. The van der Waals surface area contributed by atoms with Crippen molar-refractivity contribution in [3.05, 3.63) is 246 Å². The fraction of sp³-hybridized carbons (Fsp3) is 0.0690. The highest BCUT2D eigenvalue weighted by Crippen LogP contribution is 2.63. The quantitative estimate of drug-likeness (QED) is 0.168. The Balaban J connectivity index is 1.27. The first-order chi connectivity index (χ1) is 29.5. The van der Waals surface area contributed by atoms with E-state index in [-0.39, 0.29) is 5.41 Å². The van der Waals surface area contributed by atoms with Crippen LogP contribution >= 0.6 is 0 Å². The fourth-order valence-corrected chi connectivity index (χ4v) is 10.7. The first kappa shape index (κ1) is 34.6. The van der Waals surface area contributed by atoms with Gasteiger partial charge in [0.05, 0.1) is 16.5 Å². The molecule has 1 aromatic heterocycles. The molecule has 12 rings (SSSR count). The monoisotopic (exact) mass is 767 g/mol. The molecule has 0 atom stereocenters. The van der Waals surface area contributed by atoms with Gasteiger partial charge in [0, 0.05) is 27.7 Å². The number of hydrogen-bond acceptors (Lipinski definition) is 2. The molecule has 0 saturated carbocycles. The molecule has 1 heterocycles. The smallest absolute Gasteiger partial charge is 0.137 e. The highest BCUT2D eigenvalue weighted by Gasteiger charge is 2.49. The number of anilines is 3. The van der Waals surface area contributed by atoms with E-state index in [0.717, 1.165) is 39.0 Å². The molecule has 2 heteroatoms. The second-order valence-electron chi connectivity index (χ2n) is 16.8. The summed E-state index contributed by atoms with van der Waals surface area (Å²) in [5, 5.41) is 2.20. The third-order valence-electron chi connectivity index (χ3n) is 13.3. The lowest BCUT2D eigenvalue weighted by molar-refractivity contribution is 0.660. The summed E-state index contributed by atoms with van der Waals surface area (Å²) in [6.45, 7) is 4.73. The van der Waals surface area contributed by atoms with Crippen LogP contribution in [0.4, 0.5) is 17.1 Å². The largest absolute Gasteiger partial charge is 0.456 e. The Morgan fingerprint density at radius 3 is 1.75 bits per heavy atom. The molecule has 2 aliphatic rings. The molecule has 0 bridgehead atoms. The Hall–Kier alpha value is -7.42. The van der Waals surface area contributed by atoms with E-state index >= 15 is 0 Å². The molecule has 0 N–H and O–H groups in total. The van der Waals surface area contributed by atoms with Crippen molar-refractivity contribution in [2.45, 2.75) is 24.7 Å². The summed E-state index contributed by atoms with van der Waals surface area (Å²) < 4.78 is 7.02. The Labute approximate surface area is 350 Å². The zero-order valence-corrected chi connectivity index (χ0v) is 33.6. The molecule has 0 fully saturated rings. The van der Waals surface area contributed by atoms with Gasteiger partial charge in [0.25, 0.3) is 0 Å². The van der Waals surface area contributed by atoms with Crippen LogP contribution in [0.3, 0.4) is 0 Å². The molecule has 10 aromatic rings. The molecule has 0 radical (unpaired) electrons. The van der Waals surface area contributed by atoms with Crippen molar-refractivity contribution in [1.82, 2.24) is 0 Å². The van der Waals surface area contributed by atoms with Crippen LogP contribution in [0.15, 0.2) is 217 Å². The highest BCUT2D eigenvalue weighted by atomic mass is 16.3. The molecular formula is C58H41NO. The van der Waals surface area contributed by atoms with Crippen LogP contribution in [-0.4, -0.2) is 0 Å². The molecule has 0 amide bonds. The van der Waals surface area contributed by atoms with Crippen LogP contribution in [-0.2, 0) is 10.8 Å². The van der Waals surface area contributed by atoms with E-state index < -0.39 is 5.41 Å². The van der Waals surface area contributed by atoms with Crippen molar-refractivity contribution in [3.63, 3.8) is 0 Å². The molecule has 2 aliphatic carbocycles. The number of para-hydroxylation sites is 2. The molecule has 0 unspecified atom stereocenters. The number of furan rings is 1. The summed E-state index contributed by atoms with van der Waals surface area (Å²) in [4.78, 5) is 2.52. The van der Waals surface area contributed by atoms with Crippen molar-refractivity contribution in [2.24, 2.45) is 0 Å². The minimum absolute atomic E-state index is 0.173. The fourth-order valence-electron chi connectivity index (χ4n) is 10.7. The van der Waals surface area contributed by atoms with Crippen LogP contribution in [0.2, 0.25) is 0 Å². The number of rotatable bonds is 6. The van der Waals surface area contributed by atoms with E-state index in [1.165, 1.54) is 66.8 Å². The summed E-state index contributed by atoms with van der Waals surface area (Å²) in [6.07, 6.45) is 0. The van der Waals surface area contributed by atoms with Gasteiger partial charge < -0.3 is 9.32 Å². The first-order valence-electron chi connectivity index (χ1n) is 20.9. The molecule has 60 heavy (non-hydrogen) atoms. The molecule has 284 valence electrons. The molecule has 0 aliphatic heterocycles. The third kappa shape index (κ3) is 4.82. The van der Waals surface area contributed by atoms with E-state index in [1.54, 1.807) is 0 Å². The summed E-state index contributed by atoms with van der Waals surface area (Å²) in [7, 11) is 0. The maximum atomic E-state index is 7.02. The summed E-state index contributed by atoms with van der Waals surface area (Å²) in [5.41, 5.74) is 19.2. The number of benzene rings is 9. The van der Waals surface area contributed by atoms with E-state index in [1.807, 2.05) is 0 Å². The Morgan fingerprint density at radius 2 is 1.02 bits per heavy atom. The van der Waals surface area contributed by atoms with Crippen molar-refractivity contribution >= 4 is 39.0 Å². The van der Waals surface area contributed by atoms with Crippen molar-refractivity contribution < 1.29 is 4.42 Å². The number of fused-ring (bicyclic) bond motifs is 9. The Morgan fingerprint density at radius 1 is 0.400 bits per heavy atom. The average Bonchev–Trinajstić information content (AvgIpc) is 3.91. The molecule has 0 saturated heterocycles. The van der Waals surface area contributed by atoms with Gasteiger partial charge in [-0.3, -0.25) is 0 Å². The zero-order chi connectivity index (χ0) is 40.0. The van der Waals surface area contributed by atoms with Gasteiger partial charge in [-0.05, 0) is 104 Å². The lowest BCUT2D eigenvalue weighted by Crippen LogP contribution is -2.28. The Kier molecular flexibility index (Phi) is 7.52. The standard InChI is InChI=1S/C58H41NO/c1-57(2)48-29-17-15-27-44(48)45-33-32-43(36-50(45)57)59(42-25-13-6-14-26-42)56-54-47-35-39(38-19-7-3-8-20-38)31-34-49(47)58(40-21-9-4-10-22-40,41-23-11-5-12-24-41)51(54)37-53-55(56)46-28-16-18-30-52(46)60-53/h3-37H,1-2H3. The van der Waals surface area contributed by atoms with Crippen LogP contribution < -0.4 is 4.90 Å². The van der Waals surface area contributed by atoms with Crippen molar-refractivity contribution in [3.8, 4) is 33.4 Å². The van der Waals surface area contributed by atoms with Gasteiger partial charge in [0.15, 0.2) is 0 Å². The molecular weight excluding hydrogens is 727 g/mol. The van der Waals surface area contributed by atoms with Gasteiger partial charge in [-0.2, -0.15) is 0 Å². The van der Waals surface area contributed by atoms with E-state index in [0.29, 0.717) is 0 Å². The van der Waals surface area contributed by atoms with Crippen LogP contribution in [0.5, 0.6) is 0 Å². The summed E-state index contributed by atoms with van der Waals surface area (Å²) >= 11 is 0. The van der Waals surface area contributed by atoms with Gasteiger partial charge >= 0.3 is 0 Å². The molecule has 9 aromatic carbocycles. The van der Waals surface area contributed by atoms with Gasteiger partial charge in [0.2, 0.25) is 0 Å². The maximum Gasteiger partial charge on any atom is 0.137 e. The molecule has 0 spiro atoms. The highest BCUT2D eigenvalue weighted by molar-refractivity contribution is 6.19. The second-order valence-corrected chi connectivity index (χ2v) is 16.8. The first-order valence-corrected chi connectivity index (χ1v) is 20.9. The maximum absolute atomic E-state index is 7.02. The predicted octanol–water partition coefficient (Wildman–Crippen LogP) is 15.4. The minimum Gasteiger partial charge on any atom is -0.456 e. The van der Waals surface area contributed by atoms with Crippen LogP contribution in [0.1, 0.15) is 47.2 Å². The van der Waals surface area contributed by atoms with E-state index in [9.17, 15) is 0 Å². The van der Waals surface area contributed by atoms with Crippen LogP contribution in [0, 0.1) is 0 Å². The topological polar surface area (TPSA) is 16.4 Å². The minimum atomic E-state index is -0.645. The lowest BCUT2D eigenvalue weighted by Gasteiger charge is -2.35. The van der Waals surface area contributed by atoms with Crippen molar-refractivity contribution in [1.29, 1.82) is 0 Å². The van der Waals surface area contributed by atoms with Crippen molar-refractivity contribution in [2.75, 3.05) is 4.90 Å². The van der Waals surface area contributed by atoms with Crippen LogP contribution in [0.25, 0.3) is 55.3 Å². The molecule has 2 nitrogen and oxygen atoms in total. The predicted molar refractivity (Wildman–Crippen MR) is 249 cm³/mol. The zero-order valence-electron chi connectivity index (χ0n) is 33.6. The van der Waals surface area contributed by atoms with E-state index in [4.69, 9.17) is 4.42 Å². The van der Waals surface area contributed by atoms with Gasteiger partial charge in [0.1, 0.15) is 11.2 Å². The average molecular weight is 768 g/mol. The second kappa shape index (κ2) is 13.0. The van der Waals surface area contributed by atoms with Gasteiger partial charge in [-0.25, -0.2) is 0 Å². The summed E-state index contributed by atoms with van der Waals surface area (Å²) in [6, 6.07) is 77.9. The number of nitrogens with zero attached hydrogens (tertiary/aromatic N) is 1. The SMILES string of the molecule is CC1(C)c2ccccc2-c2ccc(N(c3ccccc3)c3c4c(cc5oc6ccccc6c35)C(c3ccccc3)(c3ccccc3)c3ccc(-c5ccccc5)cc3-4)cc21. The normalized spacial score (nSPS) is 14.1. The van der Waals surface area contributed by atoms with Gasteiger partial charge in [-0.15, -0.1) is 0 Å². The van der Waals surface area contributed by atoms with E-state index in [2.05, 4.69) is 231 Å². The third-order valence-corrected chi connectivity index (χ3v) is 13.3. The lowest BCUT2D eigenvalue weighted by atomic mass is 9.67. The van der Waals surface area contributed by atoms with Gasteiger partial charge in [-0.1, -0.05) is 184 Å². The number of hydrogen-bond donors (Lipinski definition) is 0. The summed E-state index contributed by atoms with van der Waals surface area (Å²) in [5.74, 6) is 0.